The van der Waals surface area contributed by atoms with Gasteiger partial charge in [0.25, 0.3) is 0 Å². The smallest absolute Gasteiger partial charge is 0.125 e. The van der Waals surface area contributed by atoms with Gasteiger partial charge in [-0.15, -0.1) is 0 Å². The van der Waals surface area contributed by atoms with Gasteiger partial charge in [-0.1, -0.05) is 0 Å². The van der Waals surface area contributed by atoms with Gasteiger partial charge in [-0.2, -0.15) is 0 Å². The fourth-order valence-electron chi connectivity index (χ4n) is 5.51. The molecular weight excluding hydrogens is 424 g/mol. The molecule has 0 radical (unpaired) electrons. The van der Waals surface area contributed by atoms with Gasteiger partial charge in [-0.3, -0.25) is 0 Å². The lowest BCUT2D eigenvalue weighted by molar-refractivity contribution is -0.118. The second-order valence-electron chi connectivity index (χ2n) is 10.4. The summed E-state index contributed by atoms with van der Waals surface area (Å²) >= 11 is 0. The highest BCUT2D eigenvalue weighted by Gasteiger charge is 2.39. The number of hydrogen-bond acceptors (Lipinski definition) is 4. The van der Waals surface area contributed by atoms with E-state index in [4.69, 9.17) is 18.9 Å². The third kappa shape index (κ3) is 5.13. The molecule has 2 aliphatic carbocycles. The molecule has 4 rings (SSSR count). The van der Waals surface area contributed by atoms with Crippen molar-refractivity contribution in [3.8, 4) is 22.6 Å². The molecule has 0 amide bonds. The lowest BCUT2D eigenvalue weighted by Gasteiger charge is -2.41. The van der Waals surface area contributed by atoms with Crippen LogP contribution in [0.5, 0.6) is 11.5 Å². The molecule has 2 saturated carbocycles. The van der Waals surface area contributed by atoms with Crippen LogP contribution in [0, 0.1) is 27.7 Å². The van der Waals surface area contributed by atoms with E-state index in [0.717, 1.165) is 50.4 Å². The highest BCUT2D eigenvalue weighted by molar-refractivity contribution is 5.70. The van der Waals surface area contributed by atoms with Crippen molar-refractivity contribution in [2.24, 2.45) is 0 Å². The molecule has 2 aromatic rings. The highest BCUT2D eigenvalue weighted by Crippen LogP contribution is 2.40. The summed E-state index contributed by atoms with van der Waals surface area (Å²) < 4.78 is 24.7. The fraction of sp³-hybridized carbons (Fsp3) is 0.600. The first kappa shape index (κ1) is 25.1. The largest absolute Gasteiger partial charge is 0.490 e. The van der Waals surface area contributed by atoms with Gasteiger partial charge in [0.05, 0.1) is 0 Å². The van der Waals surface area contributed by atoms with Crippen LogP contribution in [-0.2, 0) is 9.47 Å². The quantitative estimate of drug-likeness (QED) is 0.349. The third-order valence-electron chi connectivity index (χ3n) is 7.64. The normalized spacial score (nSPS) is 18.2. The molecule has 0 aliphatic heterocycles. The van der Waals surface area contributed by atoms with Crippen molar-refractivity contribution in [3.63, 3.8) is 0 Å². The molecule has 2 aliphatic rings. The molecule has 0 saturated heterocycles. The first-order valence-corrected chi connectivity index (χ1v) is 13.1. The molecule has 0 N–H and O–H groups in total. The van der Waals surface area contributed by atoms with Crippen LogP contribution in [0.15, 0.2) is 24.3 Å². The summed E-state index contributed by atoms with van der Waals surface area (Å²) in [6, 6.07) is 8.96. The second-order valence-corrected chi connectivity index (χ2v) is 10.4. The van der Waals surface area contributed by atoms with E-state index in [1.807, 2.05) is 0 Å². The van der Waals surface area contributed by atoms with Crippen molar-refractivity contribution < 1.29 is 18.9 Å². The molecule has 0 spiro atoms. The highest BCUT2D eigenvalue weighted by atomic mass is 16.5. The summed E-state index contributed by atoms with van der Waals surface area (Å²) in [6.07, 6.45) is 6.83. The van der Waals surface area contributed by atoms with Gasteiger partial charge >= 0.3 is 0 Å². The summed E-state index contributed by atoms with van der Waals surface area (Å²) in [7, 11) is 0. The Morgan fingerprint density at radius 1 is 0.588 bits per heavy atom. The van der Waals surface area contributed by atoms with E-state index in [-0.39, 0.29) is 11.2 Å². The number of hydrogen-bond donors (Lipinski definition) is 0. The summed E-state index contributed by atoms with van der Waals surface area (Å²) in [5.74, 6) is 1.98. The van der Waals surface area contributed by atoms with Crippen LogP contribution in [0.3, 0.4) is 0 Å². The molecule has 0 bridgehead atoms. The van der Waals surface area contributed by atoms with E-state index < -0.39 is 0 Å². The molecule has 0 atom stereocenters. The van der Waals surface area contributed by atoms with Crippen LogP contribution >= 0.6 is 0 Å². The van der Waals surface area contributed by atoms with Crippen LogP contribution < -0.4 is 9.47 Å². The zero-order valence-electron chi connectivity index (χ0n) is 22.0. The molecule has 0 unspecified atom stereocenters. The zero-order valence-corrected chi connectivity index (χ0v) is 22.0. The summed E-state index contributed by atoms with van der Waals surface area (Å²) in [5.41, 5.74) is 6.93. The van der Waals surface area contributed by atoms with E-state index in [9.17, 15) is 0 Å². The van der Waals surface area contributed by atoms with Crippen LogP contribution in [-0.4, -0.2) is 37.6 Å². The Labute approximate surface area is 205 Å². The average molecular weight is 467 g/mol. The Hall–Kier alpha value is -2.04. The Morgan fingerprint density at radius 3 is 1.15 bits per heavy atom. The second kappa shape index (κ2) is 10.3. The van der Waals surface area contributed by atoms with E-state index in [0.29, 0.717) is 13.2 Å². The maximum absolute atomic E-state index is 6.33. The lowest BCUT2D eigenvalue weighted by atomic mass is 9.80. The Kier molecular flexibility index (Phi) is 7.59. The molecule has 2 aromatic carbocycles. The van der Waals surface area contributed by atoms with Crippen molar-refractivity contribution in [1.29, 1.82) is 0 Å². The SMILES string of the molecule is CCOC1(COc2c(C)cc(-c3cc(C)c(OCC4(OCC)CCC4)c(C)c3)cc2C)CCC1. The van der Waals surface area contributed by atoms with E-state index in [2.05, 4.69) is 65.8 Å². The lowest BCUT2D eigenvalue weighted by Crippen LogP contribution is -2.45. The number of benzene rings is 2. The predicted molar refractivity (Wildman–Crippen MR) is 138 cm³/mol. The Bertz CT molecular complexity index is 873. The minimum absolute atomic E-state index is 0.0867. The minimum atomic E-state index is -0.0867. The van der Waals surface area contributed by atoms with Gasteiger partial charge < -0.3 is 18.9 Å². The maximum Gasteiger partial charge on any atom is 0.125 e. The Balaban J connectivity index is 1.49. The molecule has 34 heavy (non-hydrogen) atoms. The van der Waals surface area contributed by atoms with Crippen molar-refractivity contribution in [3.05, 3.63) is 46.5 Å². The van der Waals surface area contributed by atoms with Crippen LogP contribution in [0.1, 0.15) is 74.6 Å². The van der Waals surface area contributed by atoms with Crippen LogP contribution in [0.2, 0.25) is 0 Å². The van der Waals surface area contributed by atoms with Gasteiger partial charge in [0.15, 0.2) is 0 Å². The van der Waals surface area contributed by atoms with Crippen molar-refractivity contribution >= 4 is 0 Å². The molecule has 4 heteroatoms. The molecule has 186 valence electrons. The minimum Gasteiger partial charge on any atom is -0.490 e. The molecule has 2 fully saturated rings. The molecule has 0 aromatic heterocycles. The maximum atomic E-state index is 6.33. The van der Waals surface area contributed by atoms with Gasteiger partial charge in [-0.05, 0) is 138 Å². The first-order valence-electron chi connectivity index (χ1n) is 13.1. The van der Waals surface area contributed by atoms with E-state index in [1.165, 1.54) is 46.2 Å². The fourth-order valence-corrected chi connectivity index (χ4v) is 5.51. The summed E-state index contributed by atoms with van der Waals surface area (Å²) in [4.78, 5) is 0. The monoisotopic (exact) mass is 466 g/mol. The zero-order chi connectivity index (χ0) is 24.3. The van der Waals surface area contributed by atoms with Crippen molar-refractivity contribution in [1.82, 2.24) is 0 Å². The molecule has 4 nitrogen and oxygen atoms in total. The van der Waals surface area contributed by atoms with Crippen molar-refractivity contribution in [2.45, 2.75) is 91.3 Å². The van der Waals surface area contributed by atoms with E-state index in [1.54, 1.807) is 0 Å². The van der Waals surface area contributed by atoms with E-state index >= 15 is 0 Å². The predicted octanol–water partition coefficient (Wildman–Crippen LogP) is 7.26. The van der Waals surface area contributed by atoms with Gasteiger partial charge in [0, 0.05) is 13.2 Å². The van der Waals surface area contributed by atoms with Gasteiger partial charge in [0.2, 0.25) is 0 Å². The standard InChI is InChI=1S/C30H42O4/c1-7-33-29(11-9-12-29)19-31-27-21(3)15-25(16-22(27)4)26-17-23(5)28(24(6)18-26)32-20-30(34-8-2)13-10-14-30/h15-18H,7-14,19-20H2,1-6H3. The van der Waals surface area contributed by atoms with Crippen molar-refractivity contribution in [2.75, 3.05) is 26.4 Å². The first-order chi connectivity index (χ1) is 16.3. The Morgan fingerprint density at radius 2 is 0.912 bits per heavy atom. The number of ether oxygens (including phenoxy) is 4. The number of aryl methyl sites for hydroxylation is 4. The summed E-state index contributed by atoms with van der Waals surface area (Å²) in [6.45, 7) is 15.4. The average Bonchev–Trinajstić information content (AvgIpc) is 2.73. The molecular formula is C30H42O4. The number of rotatable bonds is 11. The van der Waals surface area contributed by atoms with Crippen LogP contribution in [0.4, 0.5) is 0 Å². The van der Waals surface area contributed by atoms with Gasteiger partial charge in [0.1, 0.15) is 35.9 Å². The summed E-state index contributed by atoms with van der Waals surface area (Å²) in [5, 5.41) is 0. The van der Waals surface area contributed by atoms with Crippen LogP contribution in [0.25, 0.3) is 11.1 Å². The van der Waals surface area contributed by atoms with Gasteiger partial charge in [-0.25, -0.2) is 0 Å². The third-order valence-corrected chi connectivity index (χ3v) is 7.64. The topological polar surface area (TPSA) is 36.9 Å². The molecule has 0 heterocycles.